The molecule has 0 bridgehead atoms. The lowest BCUT2D eigenvalue weighted by molar-refractivity contribution is -0.680. The van der Waals surface area contributed by atoms with E-state index < -0.39 is 22.2 Å². The molecule has 6 nitrogen and oxygen atoms in total. The third-order valence-corrected chi connectivity index (χ3v) is 7.05. The van der Waals surface area contributed by atoms with Gasteiger partial charge in [-0.25, -0.2) is 4.99 Å². The molecule has 0 amide bonds. The van der Waals surface area contributed by atoms with Crippen LogP contribution in [-0.2, 0) is 22.3 Å². The first-order valence-corrected chi connectivity index (χ1v) is 10.1. The second kappa shape index (κ2) is 6.15. The molecular weight excluding hydrogens is 376 g/mol. The summed E-state index contributed by atoms with van der Waals surface area (Å²) in [5, 5.41) is 21.1. The maximum atomic E-state index is 10.6. The number of benzene rings is 2. The molecule has 0 aromatic heterocycles. The van der Waals surface area contributed by atoms with Gasteiger partial charge < -0.3 is 9.47 Å². The Bertz CT molecular complexity index is 1060. The van der Waals surface area contributed by atoms with Gasteiger partial charge in [-0.1, -0.05) is 60.7 Å². The molecule has 2 aromatic carbocycles. The van der Waals surface area contributed by atoms with Gasteiger partial charge in [-0.15, -0.1) is 0 Å². The molecular formula is C24H23N4O2+. The molecule has 2 aliphatic heterocycles. The number of fused-ring (bicyclic) bond motifs is 2. The Morgan fingerprint density at radius 2 is 1.57 bits per heavy atom. The average Bonchev–Trinajstić information content (AvgIpc) is 2.92. The summed E-state index contributed by atoms with van der Waals surface area (Å²) >= 11 is 0. The molecule has 1 saturated heterocycles. The number of hydrogen-bond donors (Lipinski definition) is 2. The van der Waals surface area contributed by atoms with Crippen molar-refractivity contribution in [1.82, 2.24) is 0 Å². The number of hydrogen-bond acceptors (Lipinski definition) is 5. The number of nitrogens with two attached hydrogens (primary N) is 1. The predicted octanol–water partition coefficient (Wildman–Crippen LogP) is 1.03. The molecule has 150 valence electrons. The van der Waals surface area contributed by atoms with Gasteiger partial charge in [-0.2, -0.15) is 10.5 Å². The minimum atomic E-state index is -1.43. The Kier molecular flexibility index (Phi) is 3.86. The number of amidine groups is 1. The molecule has 2 aromatic rings. The van der Waals surface area contributed by atoms with E-state index in [9.17, 15) is 10.5 Å². The van der Waals surface area contributed by atoms with Gasteiger partial charge >= 0.3 is 5.91 Å². The second-order valence-electron chi connectivity index (χ2n) is 8.53. The Morgan fingerprint density at radius 3 is 2.00 bits per heavy atom. The maximum Gasteiger partial charge on any atom is 0.343 e. The summed E-state index contributed by atoms with van der Waals surface area (Å²) in [5.41, 5.74) is 5.26. The van der Waals surface area contributed by atoms with Crippen LogP contribution in [0.1, 0.15) is 18.1 Å². The van der Waals surface area contributed by atoms with Crippen molar-refractivity contribution in [2.24, 2.45) is 22.0 Å². The molecule has 1 saturated carbocycles. The highest BCUT2D eigenvalue weighted by molar-refractivity contribution is 5.95. The van der Waals surface area contributed by atoms with Crippen molar-refractivity contribution in [2.45, 2.75) is 31.8 Å². The molecule has 30 heavy (non-hydrogen) atoms. The van der Waals surface area contributed by atoms with Gasteiger partial charge in [-0.3, -0.25) is 5.73 Å². The number of nitriles is 2. The normalized spacial score (nSPS) is 35.3. The van der Waals surface area contributed by atoms with Crippen LogP contribution in [0.3, 0.4) is 0 Å². The number of rotatable bonds is 4. The van der Waals surface area contributed by atoms with E-state index in [0.29, 0.717) is 19.4 Å². The van der Waals surface area contributed by atoms with E-state index in [1.54, 1.807) is 0 Å². The fourth-order valence-electron chi connectivity index (χ4n) is 5.92. The lowest BCUT2D eigenvalue weighted by Gasteiger charge is -2.30. The summed E-state index contributed by atoms with van der Waals surface area (Å²) < 4.78 is 12.3. The van der Waals surface area contributed by atoms with Gasteiger partial charge in [0.05, 0.1) is 24.8 Å². The molecule has 1 aliphatic carbocycles. The van der Waals surface area contributed by atoms with E-state index >= 15 is 0 Å². The smallest absolute Gasteiger partial charge is 0.311 e. The van der Waals surface area contributed by atoms with Crippen LogP contribution in [-0.4, -0.2) is 24.5 Å². The molecule has 0 radical (unpaired) electrons. The summed E-state index contributed by atoms with van der Waals surface area (Å²) in [6.07, 6.45) is 0.807. The summed E-state index contributed by atoms with van der Waals surface area (Å²) in [6.45, 7) is 2.22. The van der Waals surface area contributed by atoms with Gasteiger partial charge in [0, 0.05) is 5.41 Å². The topological polar surface area (TPSA) is 106 Å². The van der Waals surface area contributed by atoms with Crippen molar-refractivity contribution < 1.29 is 14.5 Å². The lowest BCUT2D eigenvalue weighted by atomic mass is 9.79. The van der Waals surface area contributed by atoms with E-state index in [1.807, 2.05) is 67.6 Å². The van der Waals surface area contributed by atoms with Crippen LogP contribution in [0, 0.1) is 38.9 Å². The highest BCUT2D eigenvalue weighted by atomic mass is 16.8. The van der Waals surface area contributed by atoms with E-state index in [2.05, 4.69) is 17.1 Å². The monoisotopic (exact) mass is 399 g/mol. The first kappa shape index (κ1) is 18.8. The fourth-order valence-corrected chi connectivity index (χ4v) is 5.92. The first-order chi connectivity index (χ1) is 14.5. The average molecular weight is 399 g/mol. The molecule has 6 heteroatoms. The largest absolute Gasteiger partial charge is 0.343 e. The van der Waals surface area contributed by atoms with Crippen LogP contribution >= 0.6 is 0 Å². The highest BCUT2D eigenvalue weighted by Crippen LogP contribution is 2.84. The first-order valence-electron chi connectivity index (χ1n) is 10.1. The summed E-state index contributed by atoms with van der Waals surface area (Å²) in [6, 6.07) is 24.8. The zero-order valence-corrected chi connectivity index (χ0v) is 16.8. The molecule has 1 spiro atoms. The molecule has 0 unspecified atom stereocenters. The highest BCUT2D eigenvalue weighted by Gasteiger charge is 3.04. The molecule has 2 fully saturated rings. The van der Waals surface area contributed by atoms with Crippen LogP contribution in [0.15, 0.2) is 60.7 Å². The summed E-state index contributed by atoms with van der Waals surface area (Å²) in [4.78, 5) is 3.07. The van der Waals surface area contributed by atoms with E-state index in [0.717, 1.165) is 11.1 Å². The Labute approximate surface area is 175 Å². The quantitative estimate of drug-likeness (QED) is 0.799. The van der Waals surface area contributed by atoms with Crippen LogP contribution in [0.4, 0.5) is 0 Å². The van der Waals surface area contributed by atoms with Crippen molar-refractivity contribution in [3.8, 4) is 12.1 Å². The van der Waals surface area contributed by atoms with Crippen molar-refractivity contribution >= 4 is 5.84 Å². The SMILES string of the molecule is C[C@H]1CO[C@]2([NH+]=C(N)[C@@]3(C#N)C(Cc4ccccc4)(Cc4ccccc4)[C@@]23C#N)O1. The summed E-state index contributed by atoms with van der Waals surface area (Å²) in [7, 11) is 0. The van der Waals surface area contributed by atoms with Crippen LogP contribution in [0.2, 0.25) is 0 Å². The maximum absolute atomic E-state index is 10.6. The Balaban J connectivity index is 1.73. The summed E-state index contributed by atoms with van der Waals surface area (Å²) in [5.74, 6) is -1.17. The van der Waals surface area contributed by atoms with Crippen molar-refractivity contribution in [3.63, 3.8) is 0 Å². The van der Waals surface area contributed by atoms with Crippen LogP contribution in [0.25, 0.3) is 0 Å². The van der Waals surface area contributed by atoms with Crippen LogP contribution in [0.5, 0.6) is 0 Å². The van der Waals surface area contributed by atoms with Crippen molar-refractivity contribution in [1.29, 1.82) is 10.5 Å². The van der Waals surface area contributed by atoms with Crippen molar-refractivity contribution in [2.75, 3.05) is 6.61 Å². The molecule has 2 heterocycles. The second-order valence-corrected chi connectivity index (χ2v) is 8.53. The minimum Gasteiger partial charge on any atom is -0.311 e. The van der Waals surface area contributed by atoms with Gasteiger partial charge in [-0.05, 0) is 30.9 Å². The van der Waals surface area contributed by atoms with E-state index in [1.165, 1.54) is 0 Å². The molecule has 4 atom stereocenters. The minimum absolute atomic E-state index is 0.211. The zero-order valence-electron chi connectivity index (χ0n) is 16.8. The Morgan fingerprint density at radius 1 is 1.00 bits per heavy atom. The van der Waals surface area contributed by atoms with Gasteiger partial charge in [0.15, 0.2) is 10.8 Å². The molecule has 5 rings (SSSR count). The zero-order chi connectivity index (χ0) is 21.0. The Hall–Kier alpha value is -3.19. The van der Waals surface area contributed by atoms with Crippen molar-refractivity contribution in [3.05, 3.63) is 71.8 Å². The van der Waals surface area contributed by atoms with Gasteiger partial charge in [0.2, 0.25) is 0 Å². The van der Waals surface area contributed by atoms with Crippen LogP contribution < -0.4 is 10.7 Å². The van der Waals surface area contributed by atoms with E-state index in [4.69, 9.17) is 15.2 Å². The van der Waals surface area contributed by atoms with Gasteiger partial charge in [0.1, 0.15) is 0 Å². The number of nitrogens with zero attached hydrogens (tertiary/aromatic N) is 2. The number of nitrogens with one attached hydrogen (secondary N) is 1. The fraction of sp³-hybridized carbons (Fsp3) is 0.375. The van der Waals surface area contributed by atoms with Gasteiger partial charge in [0.25, 0.3) is 5.84 Å². The lowest BCUT2D eigenvalue weighted by Crippen LogP contribution is -2.90. The molecule has 3 N–H and O–H groups in total. The standard InChI is InChI=1S/C24H22N4O2/c1-17-14-29-24(30-17)23(16-26)21(12-18-8-4-2-5-9-18,13-19-10-6-3-7-11-19)22(23,15-25)20(27)28-24/h2-11,17H,12-14H2,1H3,(H2,27,28)/p+1/t17-,22-,23+,24-/m0/s1. The predicted molar refractivity (Wildman–Crippen MR) is 108 cm³/mol. The van der Waals surface area contributed by atoms with E-state index in [-0.39, 0.29) is 11.9 Å². The molecule has 3 aliphatic rings. The number of ether oxygens (including phenoxy) is 2. The third-order valence-electron chi connectivity index (χ3n) is 7.05. The third kappa shape index (κ3) is 1.96.